The van der Waals surface area contributed by atoms with Crippen LogP contribution in [0, 0.1) is 0 Å². The Kier molecular flexibility index (Phi) is 7.71. The van der Waals surface area contributed by atoms with Crippen LogP contribution in [0.15, 0.2) is 194 Å². The van der Waals surface area contributed by atoms with Crippen LogP contribution < -0.4 is 9.80 Å². The molecule has 0 N–H and O–H groups in total. The van der Waals surface area contributed by atoms with Gasteiger partial charge < -0.3 is 9.80 Å². The normalized spacial score (nSPS) is 10.7. The molecule has 7 rings (SSSR count). The number of anilines is 6. The standard InChI is InChI=1S/C42H32N2/c1-5-19-35(20-6-1)43(36-21-7-2-8-22-36)39-27-15-17-33(31-39)41-29-13-14-30-42(41)34-18-16-28-40(32-34)44(37-23-9-3-10-24-37)38-25-11-4-12-26-38/h1-32H. The minimum absolute atomic E-state index is 1.11. The summed E-state index contributed by atoms with van der Waals surface area (Å²) in [7, 11) is 0. The van der Waals surface area contributed by atoms with Gasteiger partial charge in [0.05, 0.1) is 0 Å². The highest BCUT2D eigenvalue weighted by Gasteiger charge is 2.16. The van der Waals surface area contributed by atoms with Crippen molar-refractivity contribution in [1.82, 2.24) is 0 Å². The first-order chi connectivity index (χ1) is 21.8. The number of hydrogen-bond donors (Lipinski definition) is 0. The van der Waals surface area contributed by atoms with Gasteiger partial charge >= 0.3 is 0 Å². The molecule has 0 aliphatic rings. The lowest BCUT2D eigenvalue weighted by molar-refractivity contribution is 1.28. The van der Waals surface area contributed by atoms with Crippen LogP contribution >= 0.6 is 0 Å². The van der Waals surface area contributed by atoms with Gasteiger partial charge in [0.2, 0.25) is 0 Å². The maximum absolute atomic E-state index is 2.31. The summed E-state index contributed by atoms with van der Waals surface area (Å²) >= 11 is 0. The first-order valence-corrected chi connectivity index (χ1v) is 15.0. The predicted molar refractivity (Wildman–Crippen MR) is 187 cm³/mol. The van der Waals surface area contributed by atoms with Gasteiger partial charge in [-0.25, -0.2) is 0 Å². The van der Waals surface area contributed by atoms with E-state index < -0.39 is 0 Å². The van der Waals surface area contributed by atoms with Crippen LogP contribution in [0.2, 0.25) is 0 Å². The van der Waals surface area contributed by atoms with E-state index in [0.717, 1.165) is 34.1 Å². The number of nitrogens with zero attached hydrogens (tertiary/aromatic N) is 2. The highest BCUT2D eigenvalue weighted by Crippen LogP contribution is 2.41. The van der Waals surface area contributed by atoms with E-state index in [2.05, 4.69) is 204 Å². The third-order valence-corrected chi connectivity index (χ3v) is 7.82. The molecular weight excluding hydrogens is 532 g/mol. The zero-order valence-electron chi connectivity index (χ0n) is 24.4. The fraction of sp³-hybridized carbons (Fsp3) is 0. The van der Waals surface area contributed by atoms with Crippen molar-refractivity contribution in [1.29, 1.82) is 0 Å². The maximum atomic E-state index is 2.31. The summed E-state index contributed by atoms with van der Waals surface area (Å²) in [6.07, 6.45) is 0. The molecule has 0 unspecified atom stereocenters. The van der Waals surface area contributed by atoms with Gasteiger partial charge in [-0.3, -0.25) is 0 Å². The van der Waals surface area contributed by atoms with Crippen LogP contribution in [-0.2, 0) is 0 Å². The number of hydrogen-bond acceptors (Lipinski definition) is 2. The molecule has 0 aliphatic carbocycles. The molecule has 210 valence electrons. The van der Waals surface area contributed by atoms with Crippen molar-refractivity contribution in [2.24, 2.45) is 0 Å². The van der Waals surface area contributed by atoms with Crippen molar-refractivity contribution in [2.75, 3.05) is 9.80 Å². The summed E-state index contributed by atoms with van der Waals surface area (Å²) in [4.78, 5) is 4.62. The molecule has 2 nitrogen and oxygen atoms in total. The Morgan fingerprint density at radius 1 is 0.227 bits per heavy atom. The smallest absolute Gasteiger partial charge is 0.0467 e. The van der Waals surface area contributed by atoms with Crippen LogP contribution in [0.4, 0.5) is 34.1 Å². The number of benzene rings is 7. The van der Waals surface area contributed by atoms with Gasteiger partial charge in [0.1, 0.15) is 0 Å². The van der Waals surface area contributed by atoms with Gasteiger partial charge in [0.15, 0.2) is 0 Å². The molecule has 0 saturated carbocycles. The molecule has 7 aromatic rings. The average Bonchev–Trinajstić information content (AvgIpc) is 3.11. The number of para-hydroxylation sites is 4. The van der Waals surface area contributed by atoms with Crippen molar-refractivity contribution in [2.45, 2.75) is 0 Å². The van der Waals surface area contributed by atoms with Crippen molar-refractivity contribution in [3.05, 3.63) is 194 Å². The first-order valence-electron chi connectivity index (χ1n) is 15.0. The molecule has 0 atom stereocenters. The third kappa shape index (κ3) is 5.62. The highest BCUT2D eigenvalue weighted by atomic mass is 15.1. The molecule has 0 spiro atoms. The Morgan fingerprint density at radius 3 is 0.818 bits per heavy atom. The van der Waals surface area contributed by atoms with E-state index in [4.69, 9.17) is 0 Å². The fourth-order valence-electron chi connectivity index (χ4n) is 5.81. The van der Waals surface area contributed by atoms with Crippen molar-refractivity contribution in [3.63, 3.8) is 0 Å². The second kappa shape index (κ2) is 12.6. The van der Waals surface area contributed by atoms with Gasteiger partial charge in [-0.1, -0.05) is 121 Å². The second-order valence-electron chi connectivity index (χ2n) is 10.7. The molecule has 0 aliphatic heterocycles. The molecule has 2 heteroatoms. The SMILES string of the molecule is c1ccc(N(c2ccccc2)c2cccc(-c3ccccc3-c3cccc(N(c4ccccc4)c4ccccc4)c3)c2)cc1. The molecule has 7 aromatic carbocycles. The summed E-state index contributed by atoms with van der Waals surface area (Å²) in [6, 6.07) is 68.6. The Morgan fingerprint density at radius 2 is 0.500 bits per heavy atom. The van der Waals surface area contributed by atoms with E-state index in [1.54, 1.807) is 0 Å². The molecule has 0 bridgehead atoms. The zero-order valence-corrected chi connectivity index (χ0v) is 24.4. The molecular formula is C42H32N2. The van der Waals surface area contributed by atoms with E-state index in [0.29, 0.717) is 0 Å². The van der Waals surface area contributed by atoms with Crippen LogP contribution in [0.5, 0.6) is 0 Å². The number of rotatable bonds is 8. The maximum Gasteiger partial charge on any atom is 0.0467 e. The fourth-order valence-corrected chi connectivity index (χ4v) is 5.81. The van der Waals surface area contributed by atoms with Crippen molar-refractivity contribution >= 4 is 34.1 Å². The van der Waals surface area contributed by atoms with Gasteiger partial charge in [0.25, 0.3) is 0 Å². The van der Waals surface area contributed by atoms with Gasteiger partial charge in [-0.2, -0.15) is 0 Å². The summed E-state index contributed by atoms with van der Waals surface area (Å²) < 4.78 is 0. The summed E-state index contributed by atoms with van der Waals surface area (Å²) in [5, 5.41) is 0. The van der Waals surface area contributed by atoms with Gasteiger partial charge in [0, 0.05) is 34.1 Å². The zero-order chi connectivity index (χ0) is 29.6. The molecule has 0 fully saturated rings. The van der Waals surface area contributed by atoms with Crippen LogP contribution in [0.1, 0.15) is 0 Å². The second-order valence-corrected chi connectivity index (χ2v) is 10.7. The van der Waals surface area contributed by atoms with E-state index in [1.807, 2.05) is 0 Å². The predicted octanol–water partition coefficient (Wildman–Crippen LogP) is 12.0. The quantitative estimate of drug-likeness (QED) is 0.181. The van der Waals surface area contributed by atoms with E-state index in [9.17, 15) is 0 Å². The molecule has 44 heavy (non-hydrogen) atoms. The molecule has 0 radical (unpaired) electrons. The monoisotopic (exact) mass is 564 g/mol. The Labute approximate surface area is 259 Å². The lowest BCUT2D eigenvalue weighted by atomic mass is 9.93. The summed E-state index contributed by atoms with van der Waals surface area (Å²) in [6.45, 7) is 0. The molecule has 0 amide bonds. The van der Waals surface area contributed by atoms with Crippen molar-refractivity contribution in [3.8, 4) is 22.3 Å². The highest BCUT2D eigenvalue weighted by molar-refractivity contribution is 5.88. The summed E-state index contributed by atoms with van der Waals surface area (Å²) in [5.74, 6) is 0. The molecule has 0 aromatic heterocycles. The lowest BCUT2D eigenvalue weighted by Crippen LogP contribution is -2.10. The first kappa shape index (κ1) is 27.0. The van der Waals surface area contributed by atoms with Gasteiger partial charge in [-0.05, 0) is 95.1 Å². The largest absolute Gasteiger partial charge is 0.310 e. The van der Waals surface area contributed by atoms with Gasteiger partial charge in [-0.15, -0.1) is 0 Å². The average molecular weight is 565 g/mol. The van der Waals surface area contributed by atoms with Crippen LogP contribution in [-0.4, -0.2) is 0 Å². The molecule has 0 saturated heterocycles. The lowest BCUT2D eigenvalue weighted by Gasteiger charge is -2.26. The Bertz CT molecular complexity index is 1730. The van der Waals surface area contributed by atoms with Crippen molar-refractivity contribution < 1.29 is 0 Å². The van der Waals surface area contributed by atoms with E-state index >= 15 is 0 Å². The Hall–Kier alpha value is -5.86. The summed E-state index contributed by atoms with van der Waals surface area (Å²) in [5.41, 5.74) is 11.4. The minimum Gasteiger partial charge on any atom is -0.310 e. The topological polar surface area (TPSA) is 6.48 Å². The van der Waals surface area contributed by atoms with E-state index in [-0.39, 0.29) is 0 Å². The molecule has 0 heterocycles. The minimum atomic E-state index is 1.11. The van der Waals surface area contributed by atoms with Crippen LogP contribution in [0.25, 0.3) is 22.3 Å². The Balaban J connectivity index is 1.32. The third-order valence-electron chi connectivity index (χ3n) is 7.82. The van der Waals surface area contributed by atoms with Crippen LogP contribution in [0.3, 0.4) is 0 Å². The van der Waals surface area contributed by atoms with E-state index in [1.165, 1.54) is 22.3 Å².